The van der Waals surface area contributed by atoms with Gasteiger partial charge in [0.25, 0.3) is 0 Å². The number of carbonyl (C=O) groups excluding carboxylic acids is 1. The van der Waals surface area contributed by atoms with E-state index in [9.17, 15) is 4.79 Å². The molecule has 0 aliphatic carbocycles. The summed E-state index contributed by atoms with van der Waals surface area (Å²) in [6.45, 7) is 7.27. The number of hydrogen-bond donors (Lipinski definition) is 1. The first-order chi connectivity index (χ1) is 5.92. The molecule has 0 radical (unpaired) electrons. The van der Waals surface area contributed by atoms with Crippen molar-refractivity contribution < 1.29 is 14.6 Å². The van der Waals surface area contributed by atoms with E-state index in [0.717, 1.165) is 0 Å². The molecule has 0 unspecified atom stereocenters. The van der Waals surface area contributed by atoms with Crippen LogP contribution in [0.1, 0.15) is 20.8 Å². The molecule has 0 aromatic carbocycles. The van der Waals surface area contributed by atoms with Gasteiger partial charge in [0.15, 0.2) is 0 Å². The van der Waals surface area contributed by atoms with E-state index in [1.54, 1.807) is 4.90 Å². The molecule has 1 rings (SSSR count). The third-order valence-electron chi connectivity index (χ3n) is 1.82. The molecule has 13 heavy (non-hydrogen) atoms. The highest BCUT2D eigenvalue weighted by Crippen LogP contribution is 2.19. The molecule has 1 fully saturated rings. The molecule has 4 nitrogen and oxygen atoms in total. The van der Waals surface area contributed by atoms with Crippen LogP contribution in [0.25, 0.3) is 0 Å². The summed E-state index contributed by atoms with van der Waals surface area (Å²) >= 11 is 0. The molecule has 1 aliphatic heterocycles. The van der Waals surface area contributed by atoms with Gasteiger partial charge >= 0.3 is 6.09 Å². The van der Waals surface area contributed by atoms with Gasteiger partial charge in [-0.3, -0.25) is 0 Å². The predicted molar refractivity (Wildman–Crippen MR) is 48.4 cm³/mol. The third-order valence-corrected chi connectivity index (χ3v) is 1.82. The molecule has 1 aliphatic rings. The molecule has 0 aromatic heterocycles. The van der Waals surface area contributed by atoms with Crippen molar-refractivity contribution in [3.63, 3.8) is 0 Å². The largest absolute Gasteiger partial charge is 0.442 e. The number of nitrogens with zero attached hydrogens (tertiary/aromatic N) is 1. The summed E-state index contributed by atoms with van der Waals surface area (Å²) in [6, 6.07) is 0. The summed E-state index contributed by atoms with van der Waals surface area (Å²) in [5.41, 5.74) is 0.0728. The lowest BCUT2D eigenvalue weighted by molar-refractivity contribution is 0.0941. The zero-order valence-electron chi connectivity index (χ0n) is 8.41. The van der Waals surface area contributed by atoms with Crippen LogP contribution >= 0.6 is 0 Å². The van der Waals surface area contributed by atoms with Crippen LogP contribution in [0.3, 0.4) is 0 Å². The van der Waals surface area contributed by atoms with Crippen LogP contribution in [-0.4, -0.2) is 41.9 Å². The van der Waals surface area contributed by atoms with Gasteiger partial charge in [-0.05, 0) is 5.41 Å². The number of cyclic esters (lactones) is 1. The topological polar surface area (TPSA) is 49.8 Å². The SMILES string of the molecule is CC(C)(C)CN1C[C@H](CO)OC1=O. The van der Waals surface area contributed by atoms with Crippen LogP contribution in [-0.2, 0) is 4.74 Å². The van der Waals surface area contributed by atoms with Crippen LogP contribution in [0.2, 0.25) is 0 Å². The van der Waals surface area contributed by atoms with Crippen molar-refractivity contribution in [3.05, 3.63) is 0 Å². The van der Waals surface area contributed by atoms with Crippen LogP contribution in [0.4, 0.5) is 4.79 Å². The highest BCUT2D eigenvalue weighted by molar-refractivity contribution is 5.69. The molecular formula is C9H17NO3. The molecule has 1 N–H and O–H groups in total. The molecule has 0 spiro atoms. The van der Waals surface area contributed by atoms with E-state index in [1.165, 1.54) is 0 Å². The Morgan fingerprint density at radius 1 is 1.62 bits per heavy atom. The maximum absolute atomic E-state index is 11.2. The van der Waals surface area contributed by atoms with E-state index in [2.05, 4.69) is 20.8 Å². The molecule has 1 heterocycles. The Kier molecular flexibility index (Phi) is 2.81. The van der Waals surface area contributed by atoms with Gasteiger partial charge in [-0.1, -0.05) is 20.8 Å². The molecule has 0 aromatic rings. The van der Waals surface area contributed by atoms with Gasteiger partial charge < -0.3 is 14.7 Å². The minimum atomic E-state index is -0.338. The fraction of sp³-hybridized carbons (Fsp3) is 0.889. The van der Waals surface area contributed by atoms with E-state index in [1.807, 2.05) is 0 Å². The quantitative estimate of drug-likeness (QED) is 0.697. The van der Waals surface area contributed by atoms with Gasteiger partial charge in [0, 0.05) is 6.54 Å². The number of carbonyl (C=O) groups is 1. The summed E-state index contributed by atoms with van der Waals surface area (Å²) in [5.74, 6) is 0. The highest BCUT2D eigenvalue weighted by Gasteiger charge is 2.32. The van der Waals surface area contributed by atoms with Crippen molar-refractivity contribution in [2.75, 3.05) is 19.7 Å². The first kappa shape index (κ1) is 10.3. The van der Waals surface area contributed by atoms with Gasteiger partial charge in [0.2, 0.25) is 0 Å². The lowest BCUT2D eigenvalue weighted by Gasteiger charge is -2.24. The first-order valence-corrected chi connectivity index (χ1v) is 4.49. The molecular weight excluding hydrogens is 170 g/mol. The smallest absolute Gasteiger partial charge is 0.410 e. The average molecular weight is 187 g/mol. The maximum atomic E-state index is 11.2. The Bertz CT molecular complexity index is 198. The molecule has 4 heteroatoms. The van der Waals surface area contributed by atoms with Gasteiger partial charge in [0.05, 0.1) is 13.2 Å². The maximum Gasteiger partial charge on any atom is 0.410 e. The fourth-order valence-corrected chi connectivity index (χ4v) is 1.37. The Balaban J connectivity index is 2.49. The van der Waals surface area contributed by atoms with E-state index < -0.39 is 0 Å². The second-order valence-corrected chi connectivity index (χ2v) is 4.63. The summed E-state index contributed by atoms with van der Waals surface area (Å²) < 4.78 is 4.91. The van der Waals surface area contributed by atoms with Crippen LogP contribution < -0.4 is 0 Å². The summed E-state index contributed by atoms with van der Waals surface area (Å²) in [7, 11) is 0. The number of rotatable bonds is 2. The second-order valence-electron chi connectivity index (χ2n) is 4.63. The van der Waals surface area contributed by atoms with Crippen molar-refractivity contribution in [2.45, 2.75) is 26.9 Å². The molecule has 0 saturated carbocycles. The van der Waals surface area contributed by atoms with Crippen LogP contribution in [0.5, 0.6) is 0 Å². The average Bonchev–Trinajstić information content (AvgIpc) is 2.29. The van der Waals surface area contributed by atoms with Crippen LogP contribution in [0, 0.1) is 5.41 Å². The van der Waals surface area contributed by atoms with Crippen molar-refractivity contribution >= 4 is 6.09 Å². The molecule has 76 valence electrons. The Morgan fingerprint density at radius 3 is 2.62 bits per heavy atom. The van der Waals surface area contributed by atoms with Crippen molar-refractivity contribution in [1.82, 2.24) is 4.90 Å². The lowest BCUT2D eigenvalue weighted by Crippen LogP contribution is -2.34. The molecule has 1 saturated heterocycles. The summed E-state index contributed by atoms with van der Waals surface area (Å²) in [6.07, 6.45) is -0.649. The van der Waals surface area contributed by atoms with Crippen molar-refractivity contribution in [2.24, 2.45) is 5.41 Å². The Morgan fingerprint density at radius 2 is 2.23 bits per heavy atom. The van der Waals surface area contributed by atoms with E-state index in [-0.39, 0.29) is 24.2 Å². The Hall–Kier alpha value is -0.770. The van der Waals surface area contributed by atoms with E-state index in [0.29, 0.717) is 13.1 Å². The number of amides is 1. The standard InChI is InChI=1S/C9H17NO3/c1-9(2,3)6-10-4-7(5-11)13-8(10)12/h7,11H,4-6H2,1-3H3/t7-/m1/s1. The van der Waals surface area contributed by atoms with Gasteiger partial charge in [-0.15, -0.1) is 0 Å². The highest BCUT2D eigenvalue weighted by atomic mass is 16.6. The minimum Gasteiger partial charge on any atom is -0.442 e. The van der Waals surface area contributed by atoms with Crippen molar-refractivity contribution in [3.8, 4) is 0 Å². The van der Waals surface area contributed by atoms with Gasteiger partial charge in [0.1, 0.15) is 6.10 Å². The molecule has 1 atom stereocenters. The number of aliphatic hydroxyl groups is 1. The number of ether oxygens (including phenoxy) is 1. The van der Waals surface area contributed by atoms with E-state index in [4.69, 9.17) is 9.84 Å². The second kappa shape index (κ2) is 3.54. The molecule has 0 bridgehead atoms. The fourth-order valence-electron chi connectivity index (χ4n) is 1.37. The third kappa shape index (κ3) is 2.88. The first-order valence-electron chi connectivity index (χ1n) is 4.49. The van der Waals surface area contributed by atoms with Gasteiger partial charge in [-0.2, -0.15) is 0 Å². The monoisotopic (exact) mass is 187 g/mol. The normalized spacial score (nSPS) is 23.5. The van der Waals surface area contributed by atoms with Crippen molar-refractivity contribution in [1.29, 1.82) is 0 Å². The Labute approximate surface area is 78.5 Å². The van der Waals surface area contributed by atoms with E-state index >= 15 is 0 Å². The minimum absolute atomic E-state index is 0.0728. The zero-order valence-corrected chi connectivity index (χ0v) is 8.41. The zero-order chi connectivity index (χ0) is 10.1. The molecule has 1 amide bonds. The van der Waals surface area contributed by atoms with Gasteiger partial charge in [-0.25, -0.2) is 4.79 Å². The lowest BCUT2D eigenvalue weighted by atomic mass is 9.96. The number of aliphatic hydroxyl groups excluding tert-OH is 1. The predicted octanol–water partition coefficient (Wildman–Crippen LogP) is 0.846. The number of hydrogen-bond acceptors (Lipinski definition) is 3. The summed E-state index contributed by atoms with van der Waals surface area (Å²) in [4.78, 5) is 12.9. The van der Waals surface area contributed by atoms with Crippen LogP contribution in [0.15, 0.2) is 0 Å². The summed E-state index contributed by atoms with van der Waals surface area (Å²) in [5, 5.41) is 8.80.